The number of carbonyl (C=O) groups excluding carboxylic acids is 2. The molecule has 0 bridgehead atoms. The van der Waals surface area contributed by atoms with Gasteiger partial charge in [0.2, 0.25) is 0 Å². The smallest absolute Gasteiger partial charge is 0.256 e. The molecule has 0 spiro atoms. The molecule has 5 heteroatoms. The molecule has 0 aromatic heterocycles. The maximum absolute atomic E-state index is 13.2. The van der Waals surface area contributed by atoms with Crippen molar-refractivity contribution in [3.8, 4) is 16.9 Å². The van der Waals surface area contributed by atoms with Gasteiger partial charge in [0.05, 0.1) is 12.7 Å². The van der Waals surface area contributed by atoms with Crippen molar-refractivity contribution in [1.82, 2.24) is 4.90 Å². The number of Topliss-reactive ketones (excluding diaryl/α,β-unsaturated/α-hetero) is 1. The Balaban J connectivity index is 1.57. The van der Waals surface area contributed by atoms with Crippen LogP contribution in [0.4, 0.5) is 5.69 Å². The van der Waals surface area contributed by atoms with E-state index in [2.05, 4.69) is 24.1 Å². The van der Waals surface area contributed by atoms with E-state index in [0.717, 1.165) is 48.4 Å². The molecule has 1 aliphatic heterocycles. The number of carbonyl (C=O) groups is 2. The molecule has 1 fully saturated rings. The minimum Gasteiger partial charge on any atom is -0.496 e. The number of ether oxygens (including phenoxy) is 1. The summed E-state index contributed by atoms with van der Waals surface area (Å²) in [7, 11) is 1.69. The number of piperidine rings is 1. The molecule has 1 saturated heterocycles. The van der Waals surface area contributed by atoms with E-state index < -0.39 is 0 Å². The predicted octanol–water partition coefficient (Wildman–Crippen LogP) is 6.40. The molecule has 4 rings (SSSR count). The normalized spacial score (nSPS) is 14.7. The van der Waals surface area contributed by atoms with Gasteiger partial charge < -0.3 is 15.0 Å². The van der Waals surface area contributed by atoms with Crippen molar-refractivity contribution in [3.05, 3.63) is 83.4 Å². The standard InChI is InChI=1S/C30H34N2O3/c1-20(2)32-16-14-23(15-17-32)28-19-25(11-13-29(28)35-4)31-30(34)26-12-10-24(18-27(26)21(3)33)22-8-6-5-7-9-22/h5-13,18-20,23H,14-17H2,1-4H3,(H,31,34). The van der Waals surface area contributed by atoms with E-state index in [4.69, 9.17) is 4.74 Å². The molecule has 35 heavy (non-hydrogen) atoms. The molecule has 0 aliphatic carbocycles. The predicted molar refractivity (Wildman–Crippen MR) is 142 cm³/mol. The first-order chi connectivity index (χ1) is 16.9. The number of ketones is 1. The Hall–Kier alpha value is -3.44. The second-order valence-electron chi connectivity index (χ2n) is 9.50. The fourth-order valence-electron chi connectivity index (χ4n) is 4.90. The fraction of sp³-hybridized carbons (Fsp3) is 0.333. The number of hydrogen-bond acceptors (Lipinski definition) is 4. The van der Waals surface area contributed by atoms with Gasteiger partial charge in [-0.3, -0.25) is 9.59 Å². The highest BCUT2D eigenvalue weighted by Gasteiger charge is 2.25. The van der Waals surface area contributed by atoms with Gasteiger partial charge in [0.25, 0.3) is 5.91 Å². The zero-order valence-electron chi connectivity index (χ0n) is 21.0. The molecule has 182 valence electrons. The van der Waals surface area contributed by atoms with Crippen LogP contribution in [0.5, 0.6) is 5.75 Å². The van der Waals surface area contributed by atoms with E-state index in [-0.39, 0.29) is 11.7 Å². The molecule has 0 radical (unpaired) electrons. The van der Waals surface area contributed by atoms with E-state index in [1.165, 1.54) is 6.92 Å². The molecule has 0 atom stereocenters. The Morgan fingerprint density at radius 1 is 0.914 bits per heavy atom. The second kappa shape index (κ2) is 10.9. The number of benzene rings is 3. The lowest BCUT2D eigenvalue weighted by molar-refractivity contribution is 0.0985. The first-order valence-electron chi connectivity index (χ1n) is 12.3. The summed E-state index contributed by atoms with van der Waals surface area (Å²) in [5.41, 5.74) is 4.54. The molecule has 0 unspecified atom stereocenters. The molecule has 3 aromatic carbocycles. The van der Waals surface area contributed by atoms with Crippen LogP contribution in [0.1, 0.15) is 65.8 Å². The molecule has 1 heterocycles. The topological polar surface area (TPSA) is 58.6 Å². The molecule has 5 nitrogen and oxygen atoms in total. The average molecular weight is 471 g/mol. The highest BCUT2D eigenvalue weighted by molar-refractivity contribution is 6.12. The van der Waals surface area contributed by atoms with Gasteiger partial charge in [-0.25, -0.2) is 0 Å². The van der Waals surface area contributed by atoms with Crippen LogP contribution >= 0.6 is 0 Å². The third-order valence-corrected chi connectivity index (χ3v) is 6.94. The van der Waals surface area contributed by atoms with Crippen LogP contribution in [0.25, 0.3) is 11.1 Å². The van der Waals surface area contributed by atoms with Crippen molar-refractivity contribution in [2.45, 2.75) is 45.6 Å². The van der Waals surface area contributed by atoms with E-state index in [1.54, 1.807) is 19.2 Å². The number of nitrogens with one attached hydrogen (secondary N) is 1. The molecule has 1 amide bonds. The van der Waals surface area contributed by atoms with Crippen molar-refractivity contribution < 1.29 is 14.3 Å². The lowest BCUT2D eigenvalue weighted by Gasteiger charge is -2.35. The van der Waals surface area contributed by atoms with E-state index in [0.29, 0.717) is 28.8 Å². The van der Waals surface area contributed by atoms with Crippen molar-refractivity contribution in [2.24, 2.45) is 0 Å². The third-order valence-electron chi connectivity index (χ3n) is 6.94. The highest BCUT2D eigenvalue weighted by Crippen LogP contribution is 2.36. The largest absolute Gasteiger partial charge is 0.496 e. The Labute approximate surface area is 208 Å². The number of anilines is 1. The lowest BCUT2D eigenvalue weighted by Crippen LogP contribution is -2.37. The Bertz CT molecular complexity index is 1200. The molecular weight excluding hydrogens is 436 g/mol. The number of methoxy groups -OCH3 is 1. The minimum atomic E-state index is -0.291. The summed E-state index contributed by atoms with van der Waals surface area (Å²) in [6.45, 7) is 8.07. The monoisotopic (exact) mass is 470 g/mol. The van der Waals surface area contributed by atoms with Crippen molar-refractivity contribution in [3.63, 3.8) is 0 Å². The number of likely N-dealkylation sites (tertiary alicyclic amines) is 1. The Morgan fingerprint density at radius 2 is 1.63 bits per heavy atom. The summed E-state index contributed by atoms with van der Waals surface area (Å²) in [6.07, 6.45) is 2.11. The SMILES string of the molecule is COc1ccc(NC(=O)c2ccc(-c3ccccc3)cc2C(C)=O)cc1C1CCN(C(C)C)CC1. The maximum atomic E-state index is 13.2. The average Bonchev–Trinajstić information content (AvgIpc) is 2.88. The zero-order valence-corrected chi connectivity index (χ0v) is 21.0. The summed E-state index contributed by atoms with van der Waals surface area (Å²) >= 11 is 0. The Morgan fingerprint density at radius 3 is 2.26 bits per heavy atom. The van der Waals surface area contributed by atoms with E-state index >= 15 is 0 Å². The van der Waals surface area contributed by atoms with E-state index in [1.807, 2.05) is 54.6 Å². The Kier molecular flexibility index (Phi) is 7.67. The molecule has 1 aliphatic rings. The number of hydrogen-bond donors (Lipinski definition) is 1. The van der Waals surface area contributed by atoms with Crippen LogP contribution in [-0.2, 0) is 0 Å². The van der Waals surface area contributed by atoms with Gasteiger partial charge in [-0.2, -0.15) is 0 Å². The molecule has 3 aromatic rings. The quantitative estimate of drug-likeness (QED) is 0.406. The van der Waals surface area contributed by atoms with Gasteiger partial charge in [-0.05, 0) is 99.6 Å². The number of amides is 1. The lowest BCUT2D eigenvalue weighted by atomic mass is 9.88. The van der Waals surface area contributed by atoms with Gasteiger partial charge >= 0.3 is 0 Å². The van der Waals surface area contributed by atoms with Gasteiger partial charge in [0.1, 0.15) is 5.75 Å². The number of nitrogens with zero attached hydrogens (tertiary/aromatic N) is 1. The van der Waals surface area contributed by atoms with Gasteiger partial charge in [-0.1, -0.05) is 36.4 Å². The second-order valence-corrected chi connectivity index (χ2v) is 9.50. The van der Waals surface area contributed by atoms with Crippen LogP contribution in [0.15, 0.2) is 66.7 Å². The summed E-state index contributed by atoms with van der Waals surface area (Å²) in [4.78, 5) is 28.2. The summed E-state index contributed by atoms with van der Waals surface area (Å²) in [6, 6.07) is 21.6. The maximum Gasteiger partial charge on any atom is 0.256 e. The van der Waals surface area contributed by atoms with Crippen molar-refractivity contribution >= 4 is 17.4 Å². The highest BCUT2D eigenvalue weighted by atomic mass is 16.5. The zero-order chi connectivity index (χ0) is 24.9. The van der Waals surface area contributed by atoms with Crippen LogP contribution in [0.2, 0.25) is 0 Å². The summed E-state index contributed by atoms with van der Waals surface area (Å²) in [5, 5.41) is 3.01. The fourth-order valence-corrected chi connectivity index (χ4v) is 4.90. The molecule has 1 N–H and O–H groups in total. The molecule has 0 saturated carbocycles. The van der Waals surface area contributed by atoms with Crippen molar-refractivity contribution in [1.29, 1.82) is 0 Å². The van der Waals surface area contributed by atoms with Crippen LogP contribution in [0.3, 0.4) is 0 Å². The first kappa shape index (κ1) is 24.7. The first-order valence-corrected chi connectivity index (χ1v) is 12.3. The molecular formula is C30H34N2O3. The van der Waals surface area contributed by atoms with Gasteiger partial charge in [0.15, 0.2) is 5.78 Å². The number of rotatable bonds is 7. The summed E-state index contributed by atoms with van der Waals surface area (Å²) in [5.74, 6) is 0.804. The van der Waals surface area contributed by atoms with Crippen LogP contribution < -0.4 is 10.1 Å². The summed E-state index contributed by atoms with van der Waals surface area (Å²) < 4.78 is 5.65. The van der Waals surface area contributed by atoms with Crippen LogP contribution in [0, 0.1) is 0 Å². The van der Waals surface area contributed by atoms with Gasteiger partial charge in [0, 0.05) is 17.3 Å². The van der Waals surface area contributed by atoms with E-state index in [9.17, 15) is 9.59 Å². The van der Waals surface area contributed by atoms with Crippen LogP contribution in [-0.4, -0.2) is 42.8 Å². The minimum absolute atomic E-state index is 0.139. The van der Waals surface area contributed by atoms with Gasteiger partial charge in [-0.15, -0.1) is 0 Å². The van der Waals surface area contributed by atoms with Crippen molar-refractivity contribution in [2.75, 3.05) is 25.5 Å². The third kappa shape index (κ3) is 5.63.